The van der Waals surface area contributed by atoms with Crippen molar-refractivity contribution in [2.45, 2.75) is 6.92 Å². The zero-order chi connectivity index (χ0) is 11.0. The van der Waals surface area contributed by atoms with Gasteiger partial charge in [-0.05, 0) is 47.2 Å². The number of hydrogen-bond acceptors (Lipinski definition) is 3. The van der Waals surface area contributed by atoms with Gasteiger partial charge in [0.1, 0.15) is 3.70 Å². The van der Waals surface area contributed by atoms with E-state index in [1.165, 1.54) is 7.11 Å². The second-order valence-electron chi connectivity index (χ2n) is 3.21. The number of aromatic nitrogens is 2. The molecule has 1 aromatic carbocycles. The lowest BCUT2D eigenvalue weighted by Crippen LogP contribution is -2.03. The Balaban J connectivity index is 2.68. The van der Waals surface area contributed by atoms with Crippen LogP contribution in [0.3, 0.4) is 0 Å². The number of halogens is 1. The van der Waals surface area contributed by atoms with Crippen LogP contribution in [0.2, 0.25) is 0 Å². The van der Waals surface area contributed by atoms with Gasteiger partial charge in [0.25, 0.3) is 0 Å². The van der Waals surface area contributed by atoms with Crippen molar-refractivity contribution < 1.29 is 9.53 Å². The van der Waals surface area contributed by atoms with Crippen molar-refractivity contribution >= 4 is 39.5 Å². The predicted octanol–water partition coefficient (Wildman–Crippen LogP) is 2.26. The molecule has 0 bridgehead atoms. The number of H-pyrrole nitrogens is 1. The maximum Gasteiger partial charge on any atom is 0.338 e. The molecule has 1 aromatic heterocycles. The van der Waals surface area contributed by atoms with Gasteiger partial charge in [0.15, 0.2) is 0 Å². The van der Waals surface area contributed by atoms with E-state index >= 15 is 0 Å². The SMILES string of the molecule is COC(=O)c1cc2n[nH]c(I)c2cc1C. The molecule has 1 heterocycles. The van der Waals surface area contributed by atoms with Crippen molar-refractivity contribution in [1.82, 2.24) is 10.2 Å². The fourth-order valence-corrected chi connectivity index (χ4v) is 2.02. The Hall–Kier alpha value is -1.11. The fraction of sp³-hybridized carbons (Fsp3) is 0.200. The molecule has 0 atom stereocenters. The molecule has 0 unspecified atom stereocenters. The largest absolute Gasteiger partial charge is 0.465 e. The molecular weight excluding hydrogens is 307 g/mol. The first-order valence-electron chi connectivity index (χ1n) is 4.36. The van der Waals surface area contributed by atoms with Crippen molar-refractivity contribution in [3.8, 4) is 0 Å². The number of fused-ring (bicyclic) bond motifs is 1. The van der Waals surface area contributed by atoms with Crippen molar-refractivity contribution in [1.29, 1.82) is 0 Å². The number of rotatable bonds is 1. The summed E-state index contributed by atoms with van der Waals surface area (Å²) in [5.74, 6) is -0.326. The summed E-state index contributed by atoms with van der Waals surface area (Å²) in [5, 5.41) is 8.00. The minimum atomic E-state index is -0.326. The number of aryl methyl sites for hydroxylation is 1. The molecular formula is C10H9IN2O2. The van der Waals surface area contributed by atoms with E-state index in [1.54, 1.807) is 6.07 Å². The Morgan fingerprint density at radius 1 is 1.53 bits per heavy atom. The van der Waals surface area contributed by atoms with E-state index in [2.05, 4.69) is 32.8 Å². The summed E-state index contributed by atoms with van der Waals surface area (Å²) in [7, 11) is 1.38. The van der Waals surface area contributed by atoms with Gasteiger partial charge in [-0.3, -0.25) is 5.10 Å². The average Bonchev–Trinajstić information content (AvgIpc) is 2.58. The van der Waals surface area contributed by atoms with Gasteiger partial charge in [0.05, 0.1) is 18.2 Å². The standard InChI is InChI=1S/C10H9IN2O2/c1-5-3-7-8(12-13-9(7)11)4-6(5)10(14)15-2/h3-4H,1-2H3,(H,12,13). The highest BCUT2D eigenvalue weighted by Crippen LogP contribution is 2.22. The van der Waals surface area contributed by atoms with Gasteiger partial charge in [-0.1, -0.05) is 0 Å². The molecule has 0 radical (unpaired) electrons. The number of esters is 1. The van der Waals surface area contributed by atoms with Crippen LogP contribution in [-0.4, -0.2) is 23.3 Å². The van der Waals surface area contributed by atoms with Gasteiger partial charge in [-0.25, -0.2) is 4.79 Å². The molecule has 15 heavy (non-hydrogen) atoms. The zero-order valence-electron chi connectivity index (χ0n) is 8.30. The first kappa shape index (κ1) is 10.4. The number of ether oxygens (including phenoxy) is 1. The second-order valence-corrected chi connectivity index (χ2v) is 4.29. The lowest BCUT2D eigenvalue weighted by molar-refractivity contribution is 0.0600. The second kappa shape index (κ2) is 3.80. The van der Waals surface area contributed by atoms with E-state index in [4.69, 9.17) is 4.74 Å². The van der Waals surface area contributed by atoms with E-state index in [-0.39, 0.29) is 5.97 Å². The molecule has 2 rings (SSSR count). The molecule has 78 valence electrons. The Kier molecular flexibility index (Phi) is 2.64. The first-order chi connectivity index (χ1) is 7.13. The highest BCUT2D eigenvalue weighted by atomic mass is 127. The molecule has 4 nitrogen and oxygen atoms in total. The maximum absolute atomic E-state index is 11.4. The highest BCUT2D eigenvalue weighted by molar-refractivity contribution is 14.1. The number of nitrogens with zero attached hydrogens (tertiary/aromatic N) is 1. The van der Waals surface area contributed by atoms with E-state index in [0.29, 0.717) is 5.56 Å². The van der Waals surface area contributed by atoms with E-state index in [9.17, 15) is 4.79 Å². The lowest BCUT2D eigenvalue weighted by Gasteiger charge is -2.03. The number of methoxy groups -OCH3 is 1. The minimum absolute atomic E-state index is 0.326. The van der Waals surface area contributed by atoms with Crippen LogP contribution in [0.1, 0.15) is 15.9 Å². The predicted molar refractivity (Wildman–Crippen MR) is 64.9 cm³/mol. The summed E-state index contributed by atoms with van der Waals surface area (Å²) in [5.41, 5.74) is 2.24. The highest BCUT2D eigenvalue weighted by Gasteiger charge is 2.12. The zero-order valence-corrected chi connectivity index (χ0v) is 10.5. The topological polar surface area (TPSA) is 55.0 Å². The molecule has 0 amide bonds. The Bertz CT molecular complexity index is 533. The molecule has 5 heteroatoms. The fourth-order valence-electron chi connectivity index (χ4n) is 1.46. The third kappa shape index (κ3) is 1.71. The molecule has 2 aromatic rings. The van der Waals surface area contributed by atoms with Gasteiger partial charge >= 0.3 is 5.97 Å². The van der Waals surface area contributed by atoms with Crippen molar-refractivity contribution in [2.24, 2.45) is 0 Å². The molecule has 0 fully saturated rings. The number of hydrogen-bond donors (Lipinski definition) is 1. The quantitative estimate of drug-likeness (QED) is 0.648. The van der Waals surface area contributed by atoms with Gasteiger partial charge in [0, 0.05) is 5.39 Å². The first-order valence-corrected chi connectivity index (χ1v) is 5.44. The van der Waals surface area contributed by atoms with Crippen LogP contribution in [0.5, 0.6) is 0 Å². The van der Waals surface area contributed by atoms with Crippen LogP contribution in [0, 0.1) is 10.6 Å². The van der Waals surface area contributed by atoms with Gasteiger partial charge in [-0.2, -0.15) is 5.10 Å². The van der Waals surface area contributed by atoms with Crippen LogP contribution in [-0.2, 0) is 4.74 Å². The number of nitrogens with one attached hydrogen (secondary N) is 1. The Morgan fingerprint density at radius 3 is 2.93 bits per heavy atom. The van der Waals surface area contributed by atoms with Gasteiger partial charge < -0.3 is 4.74 Å². The third-order valence-corrected chi connectivity index (χ3v) is 3.08. The normalized spacial score (nSPS) is 10.6. The smallest absolute Gasteiger partial charge is 0.338 e. The number of carbonyl (C=O) groups is 1. The van der Waals surface area contributed by atoms with Crippen LogP contribution < -0.4 is 0 Å². The molecule has 0 aliphatic rings. The number of aromatic amines is 1. The number of benzene rings is 1. The van der Waals surface area contributed by atoms with Crippen LogP contribution >= 0.6 is 22.6 Å². The Morgan fingerprint density at radius 2 is 2.27 bits per heavy atom. The van der Waals surface area contributed by atoms with Crippen molar-refractivity contribution in [2.75, 3.05) is 7.11 Å². The Labute approximate surface area is 100 Å². The van der Waals surface area contributed by atoms with Crippen LogP contribution in [0.4, 0.5) is 0 Å². The summed E-state index contributed by atoms with van der Waals surface area (Å²) in [6.45, 7) is 1.88. The summed E-state index contributed by atoms with van der Waals surface area (Å²) < 4.78 is 5.67. The summed E-state index contributed by atoms with van der Waals surface area (Å²) in [4.78, 5) is 11.4. The van der Waals surface area contributed by atoms with Crippen LogP contribution in [0.25, 0.3) is 10.9 Å². The van der Waals surface area contributed by atoms with E-state index in [0.717, 1.165) is 20.2 Å². The summed E-state index contributed by atoms with van der Waals surface area (Å²) in [6, 6.07) is 3.68. The minimum Gasteiger partial charge on any atom is -0.465 e. The monoisotopic (exact) mass is 316 g/mol. The van der Waals surface area contributed by atoms with Gasteiger partial charge in [-0.15, -0.1) is 0 Å². The molecule has 0 aliphatic heterocycles. The van der Waals surface area contributed by atoms with Gasteiger partial charge in [0.2, 0.25) is 0 Å². The van der Waals surface area contributed by atoms with Crippen molar-refractivity contribution in [3.05, 3.63) is 27.0 Å². The summed E-state index contributed by atoms with van der Waals surface area (Å²) in [6.07, 6.45) is 0. The molecule has 0 aliphatic carbocycles. The molecule has 0 saturated carbocycles. The van der Waals surface area contributed by atoms with E-state index < -0.39 is 0 Å². The molecule has 1 N–H and O–H groups in total. The lowest BCUT2D eigenvalue weighted by atomic mass is 10.1. The average molecular weight is 316 g/mol. The third-order valence-electron chi connectivity index (χ3n) is 2.26. The van der Waals surface area contributed by atoms with Crippen molar-refractivity contribution in [3.63, 3.8) is 0 Å². The summed E-state index contributed by atoms with van der Waals surface area (Å²) >= 11 is 2.17. The number of carbonyl (C=O) groups excluding carboxylic acids is 1. The van der Waals surface area contributed by atoms with E-state index in [1.807, 2.05) is 13.0 Å². The molecule has 0 spiro atoms. The van der Waals surface area contributed by atoms with Crippen LogP contribution in [0.15, 0.2) is 12.1 Å². The maximum atomic E-state index is 11.4. The molecule has 0 saturated heterocycles.